The fourth-order valence-corrected chi connectivity index (χ4v) is 1.76. The van der Waals surface area contributed by atoms with E-state index in [9.17, 15) is 13.2 Å². The highest BCUT2D eigenvalue weighted by molar-refractivity contribution is 7.90. The zero-order valence-corrected chi connectivity index (χ0v) is 8.22. The molecule has 0 unspecified atom stereocenters. The number of rotatable bonds is 3. The monoisotopic (exact) mass is 231 g/mol. The summed E-state index contributed by atoms with van der Waals surface area (Å²) < 4.78 is 29.6. The molecule has 1 heterocycles. The number of aromatic carboxylic acids is 1. The molecule has 9 heteroatoms. The standard InChI is InChI=1S/C6H5N3O5S/c1-3-5(15(12,13)9-8-7)2-4(14-3)6(10)11/h2H,1H3,(H,10,11). The molecule has 0 aliphatic rings. The first-order valence-corrected chi connectivity index (χ1v) is 4.97. The van der Waals surface area contributed by atoms with Crippen LogP contribution in [0, 0.1) is 6.92 Å². The molecule has 15 heavy (non-hydrogen) atoms. The van der Waals surface area contributed by atoms with Gasteiger partial charge in [-0.15, -0.1) is 0 Å². The SMILES string of the molecule is Cc1oc(C(=O)O)cc1S(=O)(=O)N=[N+]=[N-]. The third-order valence-corrected chi connectivity index (χ3v) is 2.75. The van der Waals surface area contributed by atoms with Crippen LogP contribution in [-0.4, -0.2) is 19.5 Å². The van der Waals surface area contributed by atoms with E-state index in [2.05, 4.69) is 13.8 Å². The van der Waals surface area contributed by atoms with E-state index in [0.717, 1.165) is 6.07 Å². The van der Waals surface area contributed by atoms with Crippen molar-refractivity contribution in [2.24, 2.45) is 4.52 Å². The maximum Gasteiger partial charge on any atom is 0.371 e. The minimum atomic E-state index is -4.20. The largest absolute Gasteiger partial charge is 0.475 e. The second kappa shape index (κ2) is 3.64. The highest BCUT2D eigenvalue weighted by Crippen LogP contribution is 2.21. The first kappa shape index (κ1) is 11.1. The van der Waals surface area contributed by atoms with Crippen LogP contribution < -0.4 is 0 Å². The fraction of sp³-hybridized carbons (Fsp3) is 0.167. The molecule has 0 spiro atoms. The minimum Gasteiger partial charge on any atom is -0.475 e. The van der Waals surface area contributed by atoms with Crippen molar-refractivity contribution in [2.45, 2.75) is 11.8 Å². The molecule has 1 rings (SSSR count). The molecule has 0 atom stereocenters. The summed E-state index contributed by atoms with van der Waals surface area (Å²) in [5, 5.41) is 8.53. The molecule has 0 fully saturated rings. The van der Waals surface area contributed by atoms with Crippen LogP contribution in [0.1, 0.15) is 16.3 Å². The van der Waals surface area contributed by atoms with Crippen LogP contribution in [-0.2, 0) is 10.0 Å². The Hall–Kier alpha value is -1.99. The van der Waals surface area contributed by atoms with E-state index in [0.29, 0.717) is 0 Å². The van der Waals surface area contributed by atoms with Gasteiger partial charge >= 0.3 is 5.97 Å². The number of carboxylic acids is 1. The van der Waals surface area contributed by atoms with Gasteiger partial charge in [-0.1, -0.05) is 0 Å². The number of aryl methyl sites for hydroxylation is 1. The molecule has 0 radical (unpaired) electrons. The maximum atomic E-state index is 11.2. The molecule has 0 aliphatic carbocycles. The van der Waals surface area contributed by atoms with Gasteiger partial charge in [-0.05, 0) is 12.5 Å². The van der Waals surface area contributed by atoms with Gasteiger partial charge in [0.25, 0.3) is 10.0 Å². The Labute approximate surface area is 83.8 Å². The van der Waals surface area contributed by atoms with Crippen molar-refractivity contribution in [1.29, 1.82) is 0 Å². The molecule has 1 aromatic heterocycles. The van der Waals surface area contributed by atoms with Crippen LogP contribution in [0.25, 0.3) is 10.4 Å². The van der Waals surface area contributed by atoms with Crippen LogP contribution >= 0.6 is 0 Å². The Balaban J connectivity index is 3.40. The number of hydrogen-bond donors (Lipinski definition) is 1. The molecular weight excluding hydrogens is 226 g/mol. The lowest BCUT2D eigenvalue weighted by molar-refractivity contribution is 0.0661. The van der Waals surface area contributed by atoms with Gasteiger partial charge < -0.3 is 9.52 Å². The lowest BCUT2D eigenvalue weighted by atomic mass is 10.4. The molecule has 0 saturated heterocycles. The number of nitrogens with zero attached hydrogens (tertiary/aromatic N) is 3. The van der Waals surface area contributed by atoms with Crippen LogP contribution in [0.2, 0.25) is 0 Å². The van der Waals surface area contributed by atoms with Gasteiger partial charge in [-0.3, -0.25) is 0 Å². The molecular formula is C6H5N3O5S. The number of furan rings is 1. The zero-order valence-electron chi connectivity index (χ0n) is 7.41. The number of carbonyl (C=O) groups is 1. The first-order chi connectivity index (χ1) is 6.88. The number of sulfonamides is 1. The quantitative estimate of drug-likeness (QED) is 0.475. The van der Waals surface area contributed by atoms with Crippen LogP contribution in [0.4, 0.5) is 0 Å². The molecule has 0 amide bonds. The Morgan fingerprint density at radius 1 is 1.67 bits per heavy atom. The molecule has 80 valence electrons. The topological polar surface area (TPSA) is 133 Å². The van der Waals surface area contributed by atoms with Gasteiger partial charge in [0, 0.05) is 15.5 Å². The Kier molecular flexibility index (Phi) is 2.69. The van der Waals surface area contributed by atoms with Crippen molar-refractivity contribution in [2.75, 3.05) is 0 Å². The molecule has 0 bridgehead atoms. The van der Waals surface area contributed by atoms with Gasteiger partial charge in [0.05, 0.1) is 0 Å². The second-order valence-electron chi connectivity index (χ2n) is 2.48. The van der Waals surface area contributed by atoms with E-state index < -0.39 is 26.6 Å². The van der Waals surface area contributed by atoms with Gasteiger partial charge in [-0.25, -0.2) is 13.2 Å². The van der Waals surface area contributed by atoms with Crippen molar-refractivity contribution in [3.05, 3.63) is 28.0 Å². The molecule has 0 saturated carbocycles. The maximum absolute atomic E-state index is 11.2. The van der Waals surface area contributed by atoms with Gasteiger partial charge in [-0.2, -0.15) is 0 Å². The third kappa shape index (κ3) is 2.09. The Morgan fingerprint density at radius 2 is 2.27 bits per heavy atom. The predicted molar refractivity (Wildman–Crippen MR) is 46.7 cm³/mol. The zero-order chi connectivity index (χ0) is 11.6. The summed E-state index contributed by atoms with van der Waals surface area (Å²) in [5.74, 6) is -2.07. The minimum absolute atomic E-state index is 0.139. The molecule has 0 aliphatic heterocycles. The molecule has 1 N–H and O–H groups in total. The number of azide groups is 1. The number of carboxylic acid groups (broad SMARTS) is 1. The fourth-order valence-electron chi connectivity index (χ4n) is 0.919. The van der Waals surface area contributed by atoms with Crippen LogP contribution in [0.5, 0.6) is 0 Å². The lowest BCUT2D eigenvalue weighted by Crippen LogP contribution is -1.95. The van der Waals surface area contributed by atoms with Gasteiger partial charge in [0.15, 0.2) is 0 Å². The normalized spacial score (nSPS) is 10.7. The van der Waals surface area contributed by atoms with E-state index >= 15 is 0 Å². The predicted octanol–water partition coefficient (Wildman–Crippen LogP) is 1.29. The summed E-state index contributed by atoms with van der Waals surface area (Å²) in [6, 6.07) is 0.793. The van der Waals surface area contributed by atoms with Crippen molar-refractivity contribution in [3.8, 4) is 0 Å². The van der Waals surface area contributed by atoms with E-state index in [1.807, 2.05) is 0 Å². The highest BCUT2D eigenvalue weighted by Gasteiger charge is 2.22. The van der Waals surface area contributed by atoms with E-state index in [1.165, 1.54) is 6.92 Å². The first-order valence-electron chi connectivity index (χ1n) is 3.53. The summed E-state index contributed by atoms with van der Waals surface area (Å²) in [5.41, 5.74) is 8.00. The summed E-state index contributed by atoms with van der Waals surface area (Å²) in [6.07, 6.45) is 0. The van der Waals surface area contributed by atoms with Crippen LogP contribution in [0.15, 0.2) is 19.9 Å². The molecule has 1 aromatic rings. The Morgan fingerprint density at radius 3 is 2.67 bits per heavy atom. The van der Waals surface area contributed by atoms with E-state index in [1.54, 1.807) is 0 Å². The van der Waals surface area contributed by atoms with Crippen molar-refractivity contribution in [3.63, 3.8) is 0 Å². The Bertz CT molecular complexity index is 551. The summed E-state index contributed by atoms with van der Waals surface area (Å²) in [4.78, 5) is 12.1. The third-order valence-electron chi connectivity index (χ3n) is 1.50. The molecule has 0 aromatic carbocycles. The lowest BCUT2D eigenvalue weighted by Gasteiger charge is -1.90. The van der Waals surface area contributed by atoms with Gasteiger partial charge in [0.2, 0.25) is 5.76 Å². The van der Waals surface area contributed by atoms with Crippen LogP contribution in [0.3, 0.4) is 0 Å². The van der Waals surface area contributed by atoms with Crippen molar-refractivity contribution < 1.29 is 22.7 Å². The average molecular weight is 231 g/mol. The smallest absolute Gasteiger partial charge is 0.371 e. The summed E-state index contributed by atoms with van der Waals surface area (Å²) in [6.45, 7) is 1.26. The van der Waals surface area contributed by atoms with Crippen molar-refractivity contribution in [1.82, 2.24) is 0 Å². The summed E-state index contributed by atoms with van der Waals surface area (Å²) >= 11 is 0. The average Bonchev–Trinajstić information content (AvgIpc) is 2.47. The van der Waals surface area contributed by atoms with E-state index in [4.69, 9.17) is 10.6 Å². The summed E-state index contributed by atoms with van der Waals surface area (Å²) in [7, 11) is -4.20. The highest BCUT2D eigenvalue weighted by atomic mass is 32.2. The number of hydrogen-bond acceptors (Lipinski definition) is 4. The van der Waals surface area contributed by atoms with Crippen molar-refractivity contribution >= 4 is 16.0 Å². The van der Waals surface area contributed by atoms with Gasteiger partial charge in [0.1, 0.15) is 10.7 Å². The molecule has 8 nitrogen and oxygen atoms in total. The second-order valence-corrected chi connectivity index (χ2v) is 4.04. The van der Waals surface area contributed by atoms with E-state index in [-0.39, 0.29) is 5.76 Å².